The maximum Gasteiger partial charge on any atom is 0.272 e. The van der Waals surface area contributed by atoms with Gasteiger partial charge >= 0.3 is 0 Å². The van der Waals surface area contributed by atoms with Crippen LogP contribution in [0.5, 0.6) is 0 Å². The molecule has 1 saturated carbocycles. The molecule has 4 rings (SSSR count). The quantitative estimate of drug-likeness (QED) is 0.543. The summed E-state index contributed by atoms with van der Waals surface area (Å²) in [5.74, 6) is -0.199. The number of hydrogen-bond donors (Lipinski definition) is 1. The van der Waals surface area contributed by atoms with E-state index >= 15 is 0 Å². The Hall–Kier alpha value is -3.08. The first-order valence-corrected chi connectivity index (χ1v) is 9.47. The summed E-state index contributed by atoms with van der Waals surface area (Å²) in [6, 6.07) is 13.3. The first kappa shape index (κ1) is 17.3. The molecule has 2 heterocycles. The summed E-state index contributed by atoms with van der Waals surface area (Å²) in [4.78, 5) is 21.8. The molecule has 1 aliphatic carbocycles. The van der Waals surface area contributed by atoms with Crippen molar-refractivity contribution in [2.75, 3.05) is 0 Å². The number of nitrogens with one attached hydrogen (secondary N) is 1. The van der Waals surface area contributed by atoms with Crippen molar-refractivity contribution in [3.63, 3.8) is 0 Å². The van der Waals surface area contributed by atoms with Gasteiger partial charge in [0.05, 0.1) is 16.8 Å². The largest absolute Gasteiger partial charge is 0.272 e. The van der Waals surface area contributed by atoms with Crippen LogP contribution < -0.4 is 5.43 Å². The first-order valence-electron chi connectivity index (χ1n) is 9.47. The molecule has 3 aromatic rings. The molecular formula is C22H22N4O. The minimum Gasteiger partial charge on any atom is -0.267 e. The second kappa shape index (κ2) is 8.08. The van der Waals surface area contributed by atoms with E-state index in [-0.39, 0.29) is 5.91 Å². The van der Waals surface area contributed by atoms with E-state index in [0.717, 1.165) is 53.6 Å². The summed E-state index contributed by atoms with van der Waals surface area (Å²) in [7, 11) is 0. The van der Waals surface area contributed by atoms with E-state index in [2.05, 4.69) is 15.5 Å². The number of rotatable bonds is 3. The van der Waals surface area contributed by atoms with E-state index in [0.29, 0.717) is 5.56 Å². The van der Waals surface area contributed by atoms with Crippen molar-refractivity contribution in [1.29, 1.82) is 0 Å². The van der Waals surface area contributed by atoms with Crippen LogP contribution in [0.3, 0.4) is 0 Å². The molecule has 0 radical (unpaired) electrons. The summed E-state index contributed by atoms with van der Waals surface area (Å²) >= 11 is 0. The van der Waals surface area contributed by atoms with Crippen molar-refractivity contribution in [3.05, 3.63) is 60.4 Å². The fraction of sp³-hybridized carbons (Fsp3) is 0.273. The molecule has 0 unspecified atom stereocenters. The highest BCUT2D eigenvalue weighted by Gasteiger charge is 2.14. The van der Waals surface area contributed by atoms with Gasteiger partial charge in [-0.3, -0.25) is 9.78 Å². The van der Waals surface area contributed by atoms with Gasteiger partial charge in [0.1, 0.15) is 0 Å². The highest BCUT2D eigenvalue weighted by molar-refractivity contribution is 6.07. The second-order valence-electron chi connectivity index (χ2n) is 6.85. The van der Waals surface area contributed by atoms with Gasteiger partial charge in [-0.05, 0) is 49.9 Å². The molecule has 136 valence electrons. The highest BCUT2D eigenvalue weighted by Crippen LogP contribution is 2.24. The topological polar surface area (TPSA) is 67.2 Å². The van der Waals surface area contributed by atoms with Gasteiger partial charge in [0, 0.05) is 29.1 Å². The normalized spacial score (nSPS) is 14.6. The average molecular weight is 358 g/mol. The Morgan fingerprint density at radius 1 is 1.00 bits per heavy atom. The number of aromatic nitrogens is 2. The number of hydrazone groups is 1. The van der Waals surface area contributed by atoms with Gasteiger partial charge in [-0.1, -0.05) is 31.0 Å². The number of para-hydroxylation sites is 1. The van der Waals surface area contributed by atoms with Crippen molar-refractivity contribution < 1.29 is 4.79 Å². The van der Waals surface area contributed by atoms with Gasteiger partial charge in [-0.25, -0.2) is 10.4 Å². The van der Waals surface area contributed by atoms with E-state index in [9.17, 15) is 4.79 Å². The van der Waals surface area contributed by atoms with Crippen molar-refractivity contribution >= 4 is 22.5 Å². The first-order chi connectivity index (χ1) is 13.3. The molecule has 1 fully saturated rings. The van der Waals surface area contributed by atoms with E-state index in [4.69, 9.17) is 4.98 Å². The lowest BCUT2D eigenvalue weighted by Crippen LogP contribution is -2.20. The summed E-state index contributed by atoms with van der Waals surface area (Å²) in [5, 5.41) is 5.24. The van der Waals surface area contributed by atoms with Crippen molar-refractivity contribution in [2.45, 2.75) is 38.5 Å². The van der Waals surface area contributed by atoms with E-state index in [1.807, 2.05) is 42.5 Å². The number of pyridine rings is 2. The van der Waals surface area contributed by atoms with Crippen LogP contribution in [0.2, 0.25) is 0 Å². The van der Waals surface area contributed by atoms with Gasteiger partial charge < -0.3 is 0 Å². The van der Waals surface area contributed by atoms with Gasteiger partial charge in [-0.2, -0.15) is 5.10 Å². The Labute approximate surface area is 158 Å². The molecule has 0 spiro atoms. The molecule has 0 atom stereocenters. The minimum absolute atomic E-state index is 0.199. The Morgan fingerprint density at radius 3 is 2.59 bits per heavy atom. The lowest BCUT2D eigenvalue weighted by molar-refractivity contribution is 0.0956. The molecule has 0 saturated heterocycles. The summed E-state index contributed by atoms with van der Waals surface area (Å²) in [6.07, 6.45) is 10.2. The third-order valence-electron chi connectivity index (χ3n) is 4.91. The molecule has 5 heteroatoms. The fourth-order valence-electron chi connectivity index (χ4n) is 3.46. The highest BCUT2D eigenvalue weighted by atomic mass is 16.2. The molecule has 1 amide bonds. The number of nitrogens with zero attached hydrogens (tertiary/aromatic N) is 3. The van der Waals surface area contributed by atoms with E-state index in [1.165, 1.54) is 12.8 Å². The van der Waals surface area contributed by atoms with Gasteiger partial charge in [-0.15, -0.1) is 0 Å². The van der Waals surface area contributed by atoms with Crippen LogP contribution in [0.1, 0.15) is 48.9 Å². The molecule has 1 aromatic carbocycles. The lowest BCUT2D eigenvalue weighted by atomic mass is 10.0. The standard InChI is InChI=1S/C22H22N4O/c27-22(26-25-17-9-3-1-2-4-10-17)19-14-21(16-8-7-13-23-15-16)24-20-12-6-5-11-18(19)20/h5-8,11-15H,1-4,9-10H2,(H,26,27). The van der Waals surface area contributed by atoms with Crippen LogP contribution in [0.15, 0.2) is 60.0 Å². The SMILES string of the molecule is O=C(NN=C1CCCCCC1)c1cc(-c2cccnc2)nc2ccccc12. The van der Waals surface area contributed by atoms with E-state index in [1.54, 1.807) is 12.4 Å². The number of amides is 1. The molecule has 1 N–H and O–H groups in total. The zero-order valence-corrected chi connectivity index (χ0v) is 15.2. The van der Waals surface area contributed by atoms with Crippen molar-refractivity contribution in [3.8, 4) is 11.3 Å². The van der Waals surface area contributed by atoms with Crippen molar-refractivity contribution in [1.82, 2.24) is 15.4 Å². The Balaban J connectivity index is 1.69. The summed E-state index contributed by atoms with van der Waals surface area (Å²) < 4.78 is 0. The van der Waals surface area contributed by atoms with Crippen LogP contribution >= 0.6 is 0 Å². The monoisotopic (exact) mass is 358 g/mol. The van der Waals surface area contributed by atoms with Crippen LogP contribution in [-0.2, 0) is 0 Å². The molecule has 0 aliphatic heterocycles. The molecule has 27 heavy (non-hydrogen) atoms. The molecule has 5 nitrogen and oxygen atoms in total. The third-order valence-corrected chi connectivity index (χ3v) is 4.91. The smallest absolute Gasteiger partial charge is 0.267 e. The zero-order valence-electron chi connectivity index (χ0n) is 15.2. The van der Waals surface area contributed by atoms with Gasteiger partial charge in [0.2, 0.25) is 0 Å². The molecular weight excluding hydrogens is 336 g/mol. The van der Waals surface area contributed by atoms with Crippen LogP contribution in [0.25, 0.3) is 22.2 Å². The lowest BCUT2D eigenvalue weighted by Gasteiger charge is -2.09. The third kappa shape index (κ3) is 4.03. The number of fused-ring (bicyclic) bond motifs is 1. The molecule has 1 aliphatic rings. The maximum absolute atomic E-state index is 12.9. The number of carbonyl (C=O) groups is 1. The number of carbonyl (C=O) groups excluding carboxylic acids is 1. The average Bonchev–Trinajstić information content (AvgIpc) is 3.01. The summed E-state index contributed by atoms with van der Waals surface area (Å²) in [5.41, 5.74) is 6.84. The van der Waals surface area contributed by atoms with Crippen LogP contribution in [-0.4, -0.2) is 21.6 Å². The zero-order chi connectivity index (χ0) is 18.5. The van der Waals surface area contributed by atoms with Crippen LogP contribution in [0.4, 0.5) is 0 Å². The maximum atomic E-state index is 12.9. The molecule has 2 aromatic heterocycles. The minimum atomic E-state index is -0.199. The predicted octanol–water partition coefficient (Wildman–Crippen LogP) is 4.74. The van der Waals surface area contributed by atoms with Gasteiger partial charge in [0.15, 0.2) is 0 Å². The van der Waals surface area contributed by atoms with Crippen molar-refractivity contribution in [2.24, 2.45) is 5.10 Å². The van der Waals surface area contributed by atoms with E-state index < -0.39 is 0 Å². The second-order valence-corrected chi connectivity index (χ2v) is 6.85. The Morgan fingerprint density at radius 2 is 1.81 bits per heavy atom. The summed E-state index contributed by atoms with van der Waals surface area (Å²) in [6.45, 7) is 0. The molecule has 0 bridgehead atoms. The Bertz CT molecular complexity index is 972. The van der Waals surface area contributed by atoms with Gasteiger partial charge in [0.25, 0.3) is 5.91 Å². The van der Waals surface area contributed by atoms with Crippen LogP contribution in [0, 0.1) is 0 Å². The number of benzene rings is 1. The predicted molar refractivity (Wildman–Crippen MR) is 108 cm³/mol. The number of hydrogen-bond acceptors (Lipinski definition) is 4. The Kier molecular flexibility index (Phi) is 5.19. The fourth-order valence-corrected chi connectivity index (χ4v) is 3.46.